The summed E-state index contributed by atoms with van der Waals surface area (Å²) in [5.41, 5.74) is 7.41. The van der Waals surface area contributed by atoms with E-state index in [1.807, 2.05) is 17.9 Å². The van der Waals surface area contributed by atoms with E-state index in [1.54, 1.807) is 6.20 Å². The molecular weight excluding hydrogens is 216 g/mol. The lowest BCUT2D eigenvalue weighted by Gasteiger charge is -2.16. The van der Waals surface area contributed by atoms with Gasteiger partial charge in [0.25, 0.3) is 0 Å². The lowest BCUT2D eigenvalue weighted by atomic mass is 10.3. The quantitative estimate of drug-likeness (QED) is 0.818. The van der Waals surface area contributed by atoms with E-state index in [0.29, 0.717) is 11.5 Å². The molecule has 0 bridgehead atoms. The fourth-order valence-electron chi connectivity index (χ4n) is 1.98. The summed E-state index contributed by atoms with van der Waals surface area (Å²) in [5, 5.41) is 2.99. The molecule has 17 heavy (non-hydrogen) atoms. The first-order chi connectivity index (χ1) is 8.16. The first-order valence-electron chi connectivity index (χ1n) is 5.90. The van der Waals surface area contributed by atoms with Gasteiger partial charge in [0.2, 0.25) is 5.91 Å². The van der Waals surface area contributed by atoms with Crippen LogP contribution in [0.1, 0.15) is 18.4 Å². The average molecular weight is 234 g/mol. The van der Waals surface area contributed by atoms with Crippen LogP contribution in [-0.4, -0.2) is 35.4 Å². The van der Waals surface area contributed by atoms with Crippen LogP contribution in [0.2, 0.25) is 0 Å². The topological polar surface area (TPSA) is 71.2 Å². The number of nitrogen functional groups attached to an aromatic ring is 1. The normalized spacial score (nSPS) is 15.0. The highest BCUT2D eigenvalue weighted by Gasteiger charge is 2.17. The summed E-state index contributed by atoms with van der Waals surface area (Å²) < 4.78 is 0. The number of pyridine rings is 1. The Morgan fingerprint density at radius 3 is 2.88 bits per heavy atom. The van der Waals surface area contributed by atoms with Gasteiger partial charge in [0.1, 0.15) is 5.82 Å². The zero-order valence-electron chi connectivity index (χ0n) is 10.1. The van der Waals surface area contributed by atoms with Crippen molar-refractivity contribution >= 4 is 17.4 Å². The summed E-state index contributed by atoms with van der Waals surface area (Å²) in [6, 6.07) is 1.84. The molecule has 5 heteroatoms. The molecule has 0 radical (unpaired) electrons. The SMILES string of the molecule is Cc1cnc(NCC(=O)N2CCCC2)c(N)c1. The minimum atomic E-state index is 0.115. The molecule has 1 amide bonds. The zero-order valence-corrected chi connectivity index (χ0v) is 10.1. The molecule has 2 heterocycles. The molecule has 1 saturated heterocycles. The van der Waals surface area contributed by atoms with Crippen LogP contribution >= 0.6 is 0 Å². The highest BCUT2D eigenvalue weighted by Crippen LogP contribution is 2.15. The summed E-state index contributed by atoms with van der Waals surface area (Å²) in [7, 11) is 0. The maximum atomic E-state index is 11.8. The molecule has 0 atom stereocenters. The summed E-state index contributed by atoms with van der Waals surface area (Å²) >= 11 is 0. The molecule has 0 spiro atoms. The van der Waals surface area contributed by atoms with E-state index in [2.05, 4.69) is 10.3 Å². The first-order valence-corrected chi connectivity index (χ1v) is 5.90. The second-order valence-electron chi connectivity index (χ2n) is 4.39. The number of anilines is 2. The van der Waals surface area contributed by atoms with E-state index >= 15 is 0 Å². The van der Waals surface area contributed by atoms with Crippen LogP contribution in [0.25, 0.3) is 0 Å². The van der Waals surface area contributed by atoms with Crippen molar-refractivity contribution in [3.63, 3.8) is 0 Å². The largest absolute Gasteiger partial charge is 0.396 e. The summed E-state index contributed by atoms with van der Waals surface area (Å²) in [4.78, 5) is 17.8. The molecule has 3 N–H and O–H groups in total. The van der Waals surface area contributed by atoms with Crippen molar-refractivity contribution in [3.05, 3.63) is 17.8 Å². The van der Waals surface area contributed by atoms with Crippen molar-refractivity contribution in [1.82, 2.24) is 9.88 Å². The highest BCUT2D eigenvalue weighted by molar-refractivity contribution is 5.81. The predicted octanol–water partition coefficient (Wildman–Crippen LogP) is 1.01. The maximum Gasteiger partial charge on any atom is 0.241 e. The van der Waals surface area contributed by atoms with Gasteiger partial charge >= 0.3 is 0 Å². The van der Waals surface area contributed by atoms with Gasteiger partial charge in [-0.2, -0.15) is 0 Å². The number of carbonyl (C=O) groups is 1. The Kier molecular flexibility index (Phi) is 3.46. The Balaban J connectivity index is 1.90. The van der Waals surface area contributed by atoms with Gasteiger partial charge < -0.3 is 16.0 Å². The minimum Gasteiger partial charge on any atom is -0.396 e. The van der Waals surface area contributed by atoms with Crippen LogP contribution in [-0.2, 0) is 4.79 Å². The highest BCUT2D eigenvalue weighted by atomic mass is 16.2. The number of aryl methyl sites for hydroxylation is 1. The number of nitrogens with two attached hydrogens (primary N) is 1. The molecule has 0 aliphatic carbocycles. The molecule has 0 aromatic carbocycles. The molecule has 1 aromatic heterocycles. The van der Waals surface area contributed by atoms with Gasteiger partial charge in [0.05, 0.1) is 12.2 Å². The van der Waals surface area contributed by atoms with Crippen LogP contribution in [0.5, 0.6) is 0 Å². The van der Waals surface area contributed by atoms with Gasteiger partial charge in [-0.3, -0.25) is 4.79 Å². The number of nitrogens with zero attached hydrogens (tertiary/aromatic N) is 2. The van der Waals surface area contributed by atoms with E-state index in [0.717, 1.165) is 31.5 Å². The summed E-state index contributed by atoms with van der Waals surface area (Å²) in [6.07, 6.45) is 3.95. The lowest BCUT2D eigenvalue weighted by molar-refractivity contribution is -0.128. The Bertz CT molecular complexity index is 413. The van der Waals surface area contributed by atoms with Crippen molar-refractivity contribution in [2.45, 2.75) is 19.8 Å². The second-order valence-corrected chi connectivity index (χ2v) is 4.39. The fourth-order valence-corrected chi connectivity index (χ4v) is 1.98. The number of hydrogen-bond donors (Lipinski definition) is 2. The van der Waals surface area contributed by atoms with Crippen LogP contribution in [0, 0.1) is 6.92 Å². The van der Waals surface area contributed by atoms with Crippen molar-refractivity contribution in [3.8, 4) is 0 Å². The van der Waals surface area contributed by atoms with Crippen molar-refractivity contribution in [2.75, 3.05) is 30.7 Å². The molecular formula is C12H18N4O. The Morgan fingerprint density at radius 1 is 1.53 bits per heavy atom. The summed E-state index contributed by atoms with van der Waals surface area (Å²) in [6.45, 7) is 3.94. The number of likely N-dealkylation sites (tertiary alicyclic amines) is 1. The molecule has 5 nitrogen and oxygen atoms in total. The van der Waals surface area contributed by atoms with E-state index in [9.17, 15) is 4.79 Å². The standard InChI is InChI=1S/C12H18N4O/c1-9-6-10(13)12(14-7-9)15-8-11(17)16-4-2-3-5-16/h6-7H,2-5,8,13H2,1H3,(H,14,15). The predicted molar refractivity (Wildman–Crippen MR) is 67.7 cm³/mol. The number of aromatic nitrogens is 1. The molecule has 2 rings (SSSR count). The first kappa shape index (κ1) is 11.7. The molecule has 1 aliphatic heterocycles. The number of rotatable bonds is 3. The second kappa shape index (κ2) is 5.03. The minimum absolute atomic E-state index is 0.115. The third-order valence-corrected chi connectivity index (χ3v) is 2.92. The Labute approximate surface area is 101 Å². The van der Waals surface area contributed by atoms with E-state index in [-0.39, 0.29) is 12.5 Å². The van der Waals surface area contributed by atoms with E-state index in [1.165, 1.54) is 0 Å². The van der Waals surface area contributed by atoms with Gasteiger partial charge in [0.15, 0.2) is 0 Å². The number of amides is 1. The van der Waals surface area contributed by atoms with Crippen LogP contribution < -0.4 is 11.1 Å². The van der Waals surface area contributed by atoms with E-state index in [4.69, 9.17) is 5.73 Å². The monoisotopic (exact) mass is 234 g/mol. The molecule has 1 fully saturated rings. The number of nitrogens with one attached hydrogen (secondary N) is 1. The van der Waals surface area contributed by atoms with Crippen molar-refractivity contribution in [2.24, 2.45) is 0 Å². The maximum absolute atomic E-state index is 11.8. The Morgan fingerprint density at radius 2 is 2.24 bits per heavy atom. The molecule has 0 saturated carbocycles. The van der Waals surface area contributed by atoms with Crippen LogP contribution in [0.15, 0.2) is 12.3 Å². The van der Waals surface area contributed by atoms with Crippen molar-refractivity contribution in [1.29, 1.82) is 0 Å². The third kappa shape index (κ3) is 2.87. The van der Waals surface area contributed by atoms with Gasteiger partial charge in [-0.25, -0.2) is 4.98 Å². The molecule has 1 aliphatic rings. The van der Waals surface area contributed by atoms with Crippen molar-refractivity contribution < 1.29 is 4.79 Å². The zero-order chi connectivity index (χ0) is 12.3. The Hall–Kier alpha value is -1.78. The van der Waals surface area contributed by atoms with Gasteiger partial charge in [0, 0.05) is 19.3 Å². The molecule has 0 unspecified atom stereocenters. The fraction of sp³-hybridized carbons (Fsp3) is 0.500. The van der Waals surface area contributed by atoms with Gasteiger partial charge in [-0.05, 0) is 31.4 Å². The van der Waals surface area contributed by atoms with Crippen LogP contribution in [0.3, 0.4) is 0 Å². The third-order valence-electron chi connectivity index (χ3n) is 2.92. The van der Waals surface area contributed by atoms with E-state index < -0.39 is 0 Å². The molecule has 1 aromatic rings. The number of carbonyl (C=O) groups excluding carboxylic acids is 1. The smallest absolute Gasteiger partial charge is 0.241 e. The lowest BCUT2D eigenvalue weighted by Crippen LogP contribution is -2.33. The van der Waals surface area contributed by atoms with Gasteiger partial charge in [-0.1, -0.05) is 0 Å². The van der Waals surface area contributed by atoms with Gasteiger partial charge in [-0.15, -0.1) is 0 Å². The average Bonchev–Trinajstić information content (AvgIpc) is 2.81. The number of hydrogen-bond acceptors (Lipinski definition) is 4. The van der Waals surface area contributed by atoms with Crippen LogP contribution in [0.4, 0.5) is 11.5 Å². The summed E-state index contributed by atoms with van der Waals surface area (Å²) in [5.74, 6) is 0.701. The molecule has 92 valence electrons.